The molecule has 0 bridgehead atoms. The molecule has 1 saturated carbocycles. The van der Waals surface area contributed by atoms with Gasteiger partial charge in [-0.25, -0.2) is 4.79 Å². The van der Waals surface area contributed by atoms with Crippen LogP contribution >= 0.6 is 0 Å². The fourth-order valence-corrected chi connectivity index (χ4v) is 2.37. The van der Waals surface area contributed by atoms with Crippen molar-refractivity contribution in [1.29, 1.82) is 0 Å². The molecule has 19 heavy (non-hydrogen) atoms. The summed E-state index contributed by atoms with van der Waals surface area (Å²) in [5.74, 6) is -1.36. The molecule has 4 heteroatoms. The Kier molecular flexibility index (Phi) is 4.00. The van der Waals surface area contributed by atoms with Gasteiger partial charge in [-0.15, -0.1) is 0 Å². The molecule has 0 aliphatic heterocycles. The van der Waals surface area contributed by atoms with Crippen molar-refractivity contribution >= 4 is 11.8 Å². The monoisotopic (exact) mass is 262 g/mol. The van der Waals surface area contributed by atoms with Crippen molar-refractivity contribution in [2.45, 2.75) is 25.2 Å². The van der Waals surface area contributed by atoms with E-state index >= 15 is 0 Å². The minimum atomic E-state index is -0.789. The lowest BCUT2D eigenvalue weighted by Crippen LogP contribution is -2.23. The van der Waals surface area contributed by atoms with E-state index in [0.717, 1.165) is 18.4 Å². The normalized spacial score (nSPS) is 15.9. The Morgan fingerprint density at radius 1 is 1.26 bits per heavy atom. The number of hydrogen-bond acceptors (Lipinski definition) is 4. The fraction of sp³-hybridized carbons (Fsp3) is 0.467. The number of methoxy groups -OCH3 is 1. The van der Waals surface area contributed by atoms with Gasteiger partial charge >= 0.3 is 5.97 Å². The lowest BCUT2D eigenvalue weighted by atomic mass is 9.90. The summed E-state index contributed by atoms with van der Waals surface area (Å²) >= 11 is 0. The highest BCUT2D eigenvalue weighted by Gasteiger charge is 2.46. The van der Waals surface area contributed by atoms with Crippen molar-refractivity contribution in [2.75, 3.05) is 20.3 Å². The largest absolute Gasteiger partial charge is 0.460 e. The molecule has 1 aliphatic carbocycles. The van der Waals surface area contributed by atoms with Crippen molar-refractivity contribution < 1.29 is 19.1 Å². The Labute approximate surface area is 112 Å². The molecule has 0 radical (unpaired) electrons. The standard InChI is InChI=1S/C15H18O4/c1-3-19-14(17)13(16)11-6-4-5-7-12(11)15(8-9-15)10-18-2/h4-7H,3,8-10H2,1-2H3. The summed E-state index contributed by atoms with van der Waals surface area (Å²) in [6.45, 7) is 2.46. The SMILES string of the molecule is CCOC(=O)C(=O)c1ccccc1C1(COC)CC1. The number of carbonyl (C=O) groups excluding carboxylic acids is 2. The first-order valence-corrected chi connectivity index (χ1v) is 6.44. The minimum absolute atomic E-state index is 0.104. The Balaban J connectivity index is 2.32. The van der Waals surface area contributed by atoms with Gasteiger partial charge in [0.25, 0.3) is 5.78 Å². The molecule has 0 atom stereocenters. The topological polar surface area (TPSA) is 52.6 Å². The molecule has 0 N–H and O–H groups in total. The quantitative estimate of drug-likeness (QED) is 0.447. The zero-order valence-corrected chi connectivity index (χ0v) is 11.3. The van der Waals surface area contributed by atoms with Crippen LogP contribution in [0.15, 0.2) is 24.3 Å². The highest BCUT2D eigenvalue weighted by molar-refractivity contribution is 6.41. The van der Waals surface area contributed by atoms with Crippen molar-refractivity contribution in [3.8, 4) is 0 Å². The summed E-state index contributed by atoms with van der Waals surface area (Å²) in [5.41, 5.74) is 1.23. The molecule has 1 aromatic rings. The maximum Gasteiger partial charge on any atom is 0.379 e. The average molecular weight is 262 g/mol. The van der Waals surface area contributed by atoms with Crippen LogP contribution in [0.5, 0.6) is 0 Å². The zero-order valence-electron chi connectivity index (χ0n) is 11.3. The van der Waals surface area contributed by atoms with E-state index < -0.39 is 11.8 Å². The Morgan fingerprint density at radius 3 is 2.53 bits per heavy atom. The summed E-state index contributed by atoms with van der Waals surface area (Å²) in [6.07, 6.45) is 1.96. The molecule has 0 spiro atoms. The van der Waals surface area contributed by atoms with Crippen LogP contribution in [-0.2, 0) is 19.7 Å². The Bertz CT molecular complexity index is 489. The van der Waals surface area contributed by atoms with Crippen molar-refractivity contribution in [1.82, 2.24) is 0 Å². The third-order valence-electron chi connectivity index (χ3n) is 3.48. The van der Waals surface area contributed by atoms with Gasteiger partial charge in [-0.05, 0) is 25.3 Å². The van der Waals surface area contributed by atoms with Gasteiger partial charge < -0.3 is 9.47 Å². The molecule has 0 saturated heterocycles. The van der Waals surface area contributed by atoms with Crippen LogP contribution in [0.1, 0.15) is 35.7 Å². The van der Waals surface area contributed by atoms with E-state index in [1.54, 1.807) is 26.2 Å². The summed E-state index contributed by atoms with van der Waals surface area (Å²) in [4.78, 5) is 23.7. The molecule has 0 aromatic heterocycles. The molecule has 4 nitrogen and oxygen atoms in total. The second kappa shape index (κ2) is 5.53. The highest BCUT2D eigenvalue weighted by Crippen LogP contribution is 2.49. The van der Waals surface area contributed by atoms with Gasteiger partial charge in [-0.1, -0.05) is 24.3 Å². The molecule has 2 rings (SSSR count). The molecule has 0 amide bonds. The third kappa shape index (κ3) is 2.68. The predicted molar refractivity (Wildman–Crippen MR) is 70.2 cm³/mol. The zero-order chi connectivity index (χ0) is 13.9. The minimum Gasteiger partial charge on any atom is -0.460 e. The number of hydrogen-bond donors (Lipinski definition) is 0. The van der Waals surface area contributed by atoms with Gasteiger partial charge in [-0.2, -0.15) is 0 Å². The van der Waals surface area contributed by atoms with Crippen LogP contribution in [0.4, 0.5) is 0 Å². The van der Waals surface area contributed by atoms with Gasteiger partial charge in [0.15, 0.2) is 0 Å². The maximum absolute atomic E-state index is 12.1. The number of ether oxygens (including phenoxy) is 2. The first kappa shape index (κ1) is 13.7. The van der Waals surface area contributed by atoms with Crippen LogP contribution in [0.3, 0.4) is 0 Å². The summed E-state index contributed by atoms with van der Waals surface area (Å²) in [7, 11) is 1.65. The van der Waals surface area contributed by atoms with Crippen LogP contribution < -0.4 is 0 Å². The summed E-state index contributed by atoms with van der Waals surface area (Å²) < 4.78 is 10.0. The highest BCUT2D eigenvalue weighted by atomic mass is 16.5. The molecule has 1 aliphatic rings. The second-order valence-electron chi connectivity index (χ2n) is 4.81. The van der Waals surface area contributed by atoms with Crippen LogP contribution in [0, 0.1) is 0 Å². The number of Topliss-reactive ketones (excluding diaryl/α,β-unsaturated/α-hetero) is 1. The fourth-order valence-electron chi connectivity index (χ4n) is 2.37. The summed E-state index contributed by atoms with van der Waals surface area (Å²) in [6, 6.07) is 7.23. The van der Waals surface area contributed by atoms with Gasteiger partial charge in [0.1, 0.15) is 0 Å². The summed E-state index contributed by atoms with van der Waals surface area (Å²) in [5, 5.41) is 0. The van der Waals surface area contributed by atoms with Gasteiger partial charge in [0.05, 0.1) is 13.2 Å². The molecule has 1 fully saturated rings. The van der Waals surface area contributed by atoms with Crippen molar-refractivity contribution in [3.63, 3.8) is 0 Å². The molecular formula is C15H18O4. The van der Waals surface area contributed by atoms with Gasteiger partial charge in [0, 0.05) is 18.1 Å². The van der Waals surface area contributed by atoms with E-state index in [2.05, 4.69) is 0 Å². The van der Waals surface area contributed by atoms with Crippen LogP contribution in [-0.4, -0.2) is 32.1 Å². The van der Waals surface area contributed by atoms with Crippen LogP contribution in [0.2, 0.25) is 0 Å². The number of ketones is 1. The number of rotatable bonds is 6. The van der Waals surface area contributed by atoms with Gasteiger partial charge in [0.2, 0.25) is 0 Å². The lowest BCUT2D eigenvalue weighted by Gasteiger charge is -2.17. The lowest BCUT2D eigenvalue weighted by molar-refractivity contribution is -0.137. The molecule has 1 aromatic carbocycles. The second-order valence-corrected chi connectivity index (χ2v) is 4.81. The first-order valence-electron chi connectivity index (χ1n) is 6.44. The maximum atomic E-state index is 12.1. The first-order chi connectivity index (χ1) is 9.14. The molecule has 0 heterocycles. The van der Waals surface area contributed by atoms with E-state index in [4.69, 9.17) is 9.47 Å². The average Bonchev–Trinajstić information content (AvgIpc) is 3.19. The van der Waals surface area contributed by atoms with Gasteiger partial charge in [-0.3, -0.25) is 4.79 Å². The smallest absolute Gasteiger partial charge is 0.379 e. The Morgan fingerprint density at radius 2 is 1.95 bits per heavy atom. The van der Waals surface area contributed by atoms with E-state index in [1.807, 2.05) is 12.1 Å². The molecular weight excluding hydrogens is 244 g/mol. The van der Waals surface area contributed by atoms with Crippen LogP contribution in [0.25, 0.3) is 0 Å². The van der Waals surface area contributed by atoms with Crippen molar-refractivity contribution in [2.24, 2.45) is 0 Å². The molecule has 0 unspecified atom stereocenters. The van der Waals surface area contributed by atoms with E-state index in [0.29, 0.717) is 12.2 Å². The van der Waals surface area contributed by atoms with E-state index in [-0.39, 0.29) is 12.0 Å². The Hall–Kier alpha value is -1.68. The number of esters is 1. The van der Waals surface area contributed by atoms with E-state index in [1.165, 1.54) is 0 Å². The van der Waals surface area contributed by atoms with E-state index in [9.17, 15) is 9.59 Å². The van der Waals surface area contributed by atoms with Crippen molar-refractivity contribution in [3.05, 3.63) is 35.4 Å². The third-order valence-corrected chi connectivity index (χ3v) is 3.48. The number of benzene rings is 1. The predicted octanol–water partition coefficient (Wildman–Crippen LogP) is 2.11. The number of carbonyl (C=O) groups is 2. The molecule has 102 valence electrons.